The van der Waals surface area contributed by atoms with Crippen molar-refractivity contribution in [2.45, 2.75) is 31.1 Å². The van der Waals surface area contributed by atoms with E-state index in [0.29, 0.717) is 24.3 Å². The first kappa shape index (κ1) is 18.3. The van der Waals surface area contributed by atoms with Gasteiger partial charge in [0.2, 0.25) is 10.0 Å². The fourth-order valence-electron chi connectivity index (χ4n) is 3.08. The van der Waals surface area contributed by atoms with Crippen molar-refractivity contribution >= 4 is 21.7 Å². The number of anilines is 1. The summed E-state index contributed by atoms with van der Waals surface area (Å²) >= 11 is 0. The number of carboxylic acid groups (broad SMARTS) is 1. The number of nitrogens with zero attached hydrogens (tertiary/aromatic N) is 2. The largest absolute Gasteiger partial charge is 0.476 e. The Balaban J connectivity index is 2.06. The van der Waals surface area contributed by atoms with Crippen LogP contribution < -0.4 is 5.73 Å². The van der Waals surface area contributed by atoms with Crippen molar-refractivity contribution in [1.29, 1.82) is 0 Å². The molecule has 0 spiro atoms. The molecule has 3 N–H and O–H groups in total. The van der Waals surface area contributed by atoms with Crippen molar-refractivity contribution in [3.63, 3.8) is 0 Å². The summed E-state index contributed by atoms with van der Waals surface area (Å²) in [5.74, 6) is -1.22. The van der Waals surface area contributed by atoms with E-state index in [2.05, 4.69) is 4.98 Å². The minimum Gasteiger partial charge on any atom is -0.476 e. The van der Waals surface area contributed by atoms with E-state index in [-0.39, 0.29) is 16.3 Å². The van der Waals surface area contributed by atoms with Gasteiger partial charge >= 0.3 is 5.97 Å². The fraction of sp³-hybridized carbons (Fsp3) is 0.333. The van der Waals surface area contributed by atoms with Crippen molar-refractivity contribution in [2.24, 2.45) is 0 Å². The molecule has 1 aromatic heterocycles. The maximum atomic E-state index is 12.9. The van der Waals surface area contributed by atoms with Gasteiger partial charge in [0.05, 0.1) is 16.3 Å². The number of aromatic nitrogens is 1. The molecule has 1 aliphatic rings. The lowest BCUT2D eigenvalue weighted by atomic mass is 10.0. The summed E-state index contributed by atoms with van der Waals surface area (Å²) in [6.07, 6.45) is 2.76. The van der Waals surface area contributed by atoms with E-state index < -0.39 is 16.0 Å². The molecule has 0 bridgehead atoms. The maximum absolute atomic E-state index is 12.9. The number of piperidine rings is 1. The number of benzene rings is 1. The lowest BCUT2D eigenvalue weighted by molar-refractivity contribution is 0.0692. The molecular formula is C18H21N3O4S. The zero-order chi connectivity index (χ0) is 18.9. The second-order valence-corrected chi connectivity index (χ2v) is 8.32. The Morgan fingerprint density at radius 1 is 1.15 bits per heavy atom. The quantitative estimate of drug-likeness (QED) is 0.849. The number of nitrogens with two attached hydrogens (primary N) is 1. The van der Waals surface area contributed by atoms with Crippen LogP contribution in [0.4, 0.5) is 5.69 Å². The van der Waals surface area contributed by atoms with Crippen molar-refractivity contribution in [2.75, 3.05) is 18.8 Å². The Morgan fingerprint density at radius 2 is 1.85 bits per heavy atom. The zero-order valence-corrected chi connectivity index (χ0v) is 15.3. The number of aryl methyl sites for hydroxylation is 1. The first-order valence-corrected chi connectivity index (χ1v) is 9.85. The Kier molecular flexibility index (Phi) is 4.97. The smallest absolute Gasteiger partial charge is 0.356 e. The third-order valence-electron chi connectivity index (χ3n) is 4.57. The number of aromatic carboxylic acids is 1. The number of sulfonamides is 1. The number of rotatable bonds is 4. The Labute approximate surface area is 152 Å². The van der Waals surface area contributed by atoms with Crippen LogP contribution in [0.5, 0.6) is 0 Å². The van der Waals surface area contributed by atoms with E-state index in [9.17, 15) is 18.3 Å². The second-order valence-electron chi connectivity index (χ2n) is 6.38. The highest BCUT2D eigenvalue weighted by molar-refractivity contribution is 7.89. The van der Waals surface area contributed by atoms with Crippen LogP contribution in [0.2, 0.25) is 0 Å². The van der Waals surface area contributed by atoms with Crippen molar-refractivity contribution in [3.05, 3.63) is 41.6 Å². The molecule has 0 amide bonds. The molecule has 26 heavy (non-hydrogen) atoms. The maximum Gasteiger partial charge on any atom is 0.356 e. The first-order chi connectivity index (χ1) is 12.3. The van der Waals surface area contributed by atoms with Gasteiger partial charge in [-0.3, -0.25) is 0 Å². The normalized spacial score (nSPS) is 15.7. The Hall–Kier alpha value is -2.45. The van der Waals surface area contributed by atoms with Crippen LogP contribution in [0, 0.1) is 6.92 Å². The van der Waals surface area contributed by atoms with Crippen LogP contribution >= 0.6 is 0 Å². The van der Waals surface area contributed by atoms with E-state index in [4.69, 9.17) is 5.73 Å². The summed E-state index contributed by atoms with van der Waals surface area (Å²) in [7, 11) is -3.58. The molecule has 1 aliphatic heterocycles. The third-order valence-corrected chi connectivity index (χ3v) is 6.46. The lowest BCUT2D eigenvalue weighted by Crippen LogP contribution is -2.35. The molecule has 2 aromatic rings. The van der Waals surface area contributed by atoms with E-state index >= 15 is 0 Å². The van der Waals surface area contributed by atoms with Gasteiger partial charge in [-0.1, -0.05) is 12.5 Å². The van der Waals surface area contributed by atoms with Crippen molar-refractivity contribution in [1.82, 2.24) is 9.29 Å². The van der Waals surface area contributed by atoms with Crippen LogP contribution in [-0.2, 0) is 10.0 Å². The topological polar surface area (TPSA) is 114 Å². The molecule has 0 aliphatic carbocycles. The van der Waals surface area contributed by atoms with Gasteiger partial charge in [-0.25, -0.2) is 18.2 Å². The summed E-state index contributed by atoms with van der Waals surface area (Å²) in [6.45, 7) is 2.87. The lowest BCUT2D eigenvalue weighted by Gasteiger charge is -2.26. The highest BCUT2D eigenvalue weighted by Gasteiger charge is 2.26. The molecule has 0 saturated carbocycles. The highest BCUT2D eigenvalue weighted by atomic mass is 32.2. The monoisotopic (exact) mass is 375 g/mol. The molecule has 1 fully saturated rings. The molecule has 0 atom stereocenters. The zero-order valence-electron chi connectivity index (χ0n) is 14.5. The van der Waals surface area contributed by atoms with Gasteiger partial charge in [-0.15, -0.1) is 0 Å². The van der Waals surface area contributed by atoms with Crippen molar-refractivity contribution < 1.29 is 18.3 Å². The van der Waals surface area contributed by atoms with E-state index in [1.807, 2.05) is 6.92 Å². The van der Waals surface area contributed by atoms with Crippen molar-refractivity contribution in [3.8, 4) is 11.3 Å². The van der Waals surface area contributed by atoms with Gasteiger partial charge in [-0.2, -0.15) is 4.31 Å². The number of pyridine rings is 1. The van der Waals surface area contributed by atoms with Crippen LogP contribution in [0.1, 0.15) is 35.3 Å². The van der Waals surface area contributed by atoms with Gasteiger partial charge in [0.25, 0.3) is 0 Å². The van der Waals surface area contributed by atoms with Gasteiger partial charge < -0.3 is 10.8 Å². The first-order valence-electron chi connectivity index (χ1n) is 8.41. The highest BCUT2D eigenvalue weighted by Crippen LogP contribution is 2.29. The number of carboxylic acids is 1. The van der Waals surface area contributed by atoms with Gasteiger partial charge in [0, 0.05) is 18.7 Å². The molecule has 7 nitrogen and oxygen atoms in total. The van der Waals surface area contributed by atoms with E-state index in [1.54, 1.807) is 24.3 Å². The fourth-order valence-corrected chi connectivity index (χ4v) is 4.63. The van der Waals surface area contributed by atoms with E-state index in [1.165, 1.54) is 10.4 Å². The predicted molar refractivity (Wildman–Crippen MR) is 98.4 cm³/mol. The molecule has 0 radical (unpaired) electrons. The molecule has 2 heterocycles. The minimum absolute atomic E-state index is 0.0657. The molecule has 0 unspecified atom stereocenters. The second kappa shape index (κ2) is 7.05. The summed E-state index contributed by atoms with van der Waals surface area (Å²) in [5.41, 5.74) is 7.23. The number of hydrogen-bond acceptors (Lipinski definition) is 5. The van der Waals surface area contributed by atoms with Crippen LogP contribution in [0.3, 0.4) is 0 Å². The molecule has 1 aromatic carbocycles. The van der Waals surface area contributed by atoms with Crippen LogP contribution in [0.15, 0.2) is 35.2 Å². The average Bonchev–Trinajstić information content (AvgIpc) is 2.63. The third kappa shape index (κ3) is 3.42. The SMILES string of the molecule is Cc1ccc(S(=O)(=O)N2CCCCC2)cc1-c1ccc(N)c(C(=O)O)n1. The molecular weight excluding hydrogens is 354 g/mol. The number of carbonyl (C=O) groups is 1. The van der Waals surface area contributed by atoms with Gasteiger partial charge in [0.15, 0.2) is 5.69 Å². The minimum atomic E-state index is -3.58. The Bertz CT molecular complexity index is 951. The molecule has 138 valence electrons. The van der Waals surface area contributed by atoms with Crippen LogP contribution in [-0.4, -0.2) is 41.9 Å². The van der Waals surface area contributed by atoms with Gasteiger partial charge in [0.1, 0.15) is 0 Å². The van der Waals surface area contributed by atoms with Gasteiger partial charge in [-0.05, 0) is 49.6 Å². The van der Waals surface area contributed by atoms with E-state index in [0.717, 1.165) is 24.8 Å². The summed E-state index contributed by atoms with van der Waals surface area (Å²) in [5, 5.41) is 9.22. The standard InChI is InChI=1S/C18H21N3O4S/c1-12-5-6-13(26(24,25)21-9-3-2-4-10-21)11-14(12)16-8-7-15(19)17(20-16)18(22)23/h5-8,11H,2-4,9-10,19H2,1H3,(H,22,23). The summed E-state index contributed by atoms with van der Waals surface area (Å²) in [4.78, 5) is 15.6. The number of hydrogen-bond donors (Lipinski definition) is 2. The molecule has 8 heteroatoms. The number of nitrogen functional groups attached to an aromatic ring is 1. The molecule has 1 saturated heterocycles. The summed E-state index contributed by atoms with van der Waals surface area (Å²) in [6, 6.07) is 7.92. The predicted octanol–water partition coefficient (Wildman–Crippen LogP) is 2.51. The van der Waals surface area contributed by atoms with Crippen LogP contribution in [0.25, 0.3) is 11.3 Å². The average molecular weight is 375 g/mol. The Morgan fingerprint density at radius 3 is 2.50 bits per heavy atom. The summed E-state index contributed by atoms with van der Waals surface area (Å²) < 4.78 is 27.3. The molecule has 3 rings (SSSR count).